The number of fused-ring (bicyclic) bond motifs is 1. The number of ether oxygens (including phenoxy) is 5. The lowest BCUT2D eigenvalue weighted by atomic mass is 9.44. The molecule has 368 valence electrons. The van der Waals surface area contributed by atoms with E-state index in [0.29, 0.717) is 104 Å². The van der Waals surface area contributed by atoms with Gasteiger partial charge in [-0.2, -0.15) is 10.2 Å². The highest BCUT2D eigenvalue weighted by molar-refractivity contribution is 6.31. The van der Waals surface area contributed by atoms with Crippen LogP contribution in [0.5, 0.6) is 11.5 Å². The summed E-state index contributed by atoms with van der Waals surface area (Å²) in [5.41, 5.74) is 7.86. The number of halogens is 1. The van der Waals surface area contributed by atoms with Gasteiger partial charge in [-0.25, -0.2) is 15.0 Å². The van der Waals surface area contributed by atoms with Crippen molar-refractivity contribution in [1.82, 2.24) is 19.9 Å². The number of amides is 2. The van der Waals surface area contributed by atoms with Crippen LogP contribution in [0.1, 0.15) is 107 Å². The van der Waals surface area contributed by atoms with Gasteiger partial charge in [-0.05, 0) is 56.4 Å². The van der Waals surface area contributed by atoms with Crippen molar-refractivity contribution in [1.29, 1.82) is 5.26 Å². The molecule has 18 heteroatoms. The molecule has 2 aliphatic heterocycles. The highest BCUT2D eigenvalue weighted by atomic mass is 35.5. The van der Waals surface area contributed by atoms with Crippen molar-refractivity contribution in [2.75, 3.05) is 79.8 Å². The molecule has 0 spiro atoms. The Kier molecular flexibility index (Phi) is 15.4. The maximum absolute atomic E-state index is 13.3. The van der Waals surface area contributed by atoms with Gasteiger partial charge in [0.15, 0.2) is 5.82 Å². The number of carbonyl (C=O) groups is 2. The minimum atomic E-state index is -0.572. The van der Waals surface area contributed by atoms with Crippen molar-refractivity contribution in [2.24, 2.45) is 16.6 Å². The quantitative estimate of drug-likeness (QED) is 0.0811. The zero-order valence-electron chi connectivity index (χ0n) is 40.6. The van der Waals surface area contributed by atoms with Crippen molar-refractivity contribution in [2.45, 2.75) is 110 Å². The third-order valence-electron chi connectivity index (χ3n) is 14.2. The summed E-state index contributed by atoms with van der Waals surface area (Å²) < 4.78 is 30.2. The van der Waals surface area contributed by atoms with Gasteiger partial charge in [-0.15, -0.1) is 0 Å². The first kappa shape index (κ1) is 49.6. The van der Waals surface area contributed by atoms with Gasteiger partial charge in [0.05, 0.1) is 67.2 Å². The second-order valence-corrected chi connectivity index (χ2v) is 19.9. The molecule has 4 aromatic rings. The summed E-state index contributed by atoms with van der Waals surface area (Å²) in [6.45, 7) is 14.4. The molecule has 17 nitrogen and oxygen atoms in total. The summed E-state index contributed by atoms with van der Waals surface area (Å²) in [7, 11) is 1.80. The van der Waals surface area contributed by atoms with Gasteiger partial charge in [0.2, 0.25) is 17.8 Å². The Labute approximate surface area is 410 Å². The lowest BCUT2D eigenvalue weighted by molar-refractivity contribution is -0.161. The maximum Gasteiger partial charge on any atom is 0.252 e. The van der Waals surface area contributed by atoms with Crippen LogP contribution in [0, 0.1) is 22.2 Å². The topological polar surface area (TPSA) is 203 Å². The van der Waals surface area contributed by atoms with E-state index in [4.69, 9.17) is 51.0 Å². The molecule has 2 amide bonds. The zero-order chi connectivity index (χ0) is 48.9. The number of hydrogen-bond donors (Lipinski definition) is 2. The van der Waals surface area contributed by atoms with Gasteiger partial charge in [0.25, 0.3) is 5.91 Å². The first-order chi connectivity index (χ1) is 33.2. The Morgan fingerprint density at radius 1 is 0.913 bits per heavy atom. The normalized spacial score (nSPS) is 21.1. The summed E-state index contributed by atoms with van der Waals surface area (Å²) in [5.74, 6) is 2.45. The molecular weight excluding hydrogens is 900 g/mol. The van der Waals surface area contributed by atoms with E-state index in [1.54, 1.807) is 42.5 Å². The Morgan fingerprint density at radius 3 is 2.30 bits per heavy atom. The van der Waals surface area contributed by atoms with Crippen LogP contribution in [0.4, 0.5) is 29.1 Å². The minimum Gasteiger partial charge on any atom is -0.491 e. The van der Waals surface area contributed by atoms with E-state index in [2.05, 4.69) is 65.8 Å². The molecule has 0 radical (unpaired) electrons. The number of nitriles is 1. The van der Waals surface area contributed by atoms with E-state index in [1.807, 2.05) is 24.3 Å². The molecule has 1 atom stereocenters. The van der Waals surface area contributed by atoms with Crippen LogP contribution in [-0.2, 0) is 19.0 Å². The van der Waals surface area contributed by atoms with Crippen LogP contribution in [0.3, 0.4) is 0 Å². The van der Waals surface area contributed by atoms with Gasteiger partial charge in [0, 0.05) is 66.9 Å². The number of nitrogens with two attached hydrogens (primary N) is 1. The van der Waals surface area contributed by atoms with E-state index >= 15 is 0 Å². The number of primary amides is 1. The predicted molar refractivity (Wildman–Crippen MR) is 264 cm³/mol. The molecule has 8 rings (SSSR count). The van der Waals surface area contributed by atoms with Crippen molar-refractivity contribution >= 4 is 52.5 Å². The summed E-state index contributed by atoms with van der Waals surface area (Å²) in [6.07, 6.45) is 9.88. The van der Waals surface area contributed by atoms with Crippen molar-refractivity contribution in [3.8, 4) is 17.6 Å². The predicted octanol–water partition coefficient (Wildman–Crippen LogP) is 7.83. The van der Waals surface area contributed by atoms with Gasteiger partial charge in [0.1, 0.15) is 42.0 Å². The van der Waals surface area contributed by atoms with Gasteiger partial charge in [-0.1, -0.05) is 65.1 Å². The standard InChI is InChI=1S/C51H65ClN10O7/c1-7-40-46(64)60(6)41-31-55-48(59-45(41)62(40)34-12-8-9-13-34)57-33-11-10-14-36(27-33)68-26-24-66-22-21-65-23-25-67-35-17-19-61(20-18-35)49-56-30-38(44(54)63)42(58-49)43-50(2,3)47(51(43,4)5)69-37-16-15-32(29-53)39(52)28-37/h10-11,14-16,27-28,30-31,34-35,40,43,47H,7-9,12-13,17-26H2,1-6H3,(H2,54,63)(H,55,57,59)/t40-,43?,47?/m1/s1. The zero-order valence-corrected chi connectivity index (χ0v) is 41.3. The molecule has 0 bridgehead atoms. The number of anilines is 5. The molecular formula is C51H65ClN10O7. The number of piperidine rings is 1. The van der Waals surface area contributed by atoms with E-state index in [0.717, 1.165) is 62.1 Å². The Morgan fingerprint density at radius 2 is 1.62 bits per heavy atom. The second-order valence-electron chi connectivity index (χ2n) is 19.5. The summed E-state index contributed by atoms with van der Waals surface area (Å²) in [4.78, 5) is 51.1. The second kappa shape index (κ2) is 21.5. The Bertz CT molecular complexity index is 2490. The first-order valence-corrected chi connectivity index (χ1v) is 24.6. The number of likely N-dealkylation sites (N-methyl/N-ethyl adjacent to an activating group) is 1. The van der Waals surface area contributed by atoms with Gasteiger partial charge in [-0.3, -0.25) is 9.59 Å². The fraction of sp³-hybridized carbons (Fsp3) is 0.549. The summed E-state index contributed by atoms with van der Waals surface area (Å²) in [6, 6.07) is 14.9. The molecule has 3 N–H and O–H groups in total. The highest BCUT2D eigenvalue weighted by Crippen LogP contribution is 2.65. The minimum absolute atomic E-state index is 0.0782. The van der Waals surface area contributed by atoms with Crippen LogP contribution in [0.15, 0.2) is 54.9 Å². The average molecular weight is 966 g/mol. The molecule has 4 aliphatic rings. The van der Waals surface area contributed by atoms with Crippen LogP contribution in [0.2, 0.25) is 5.02 Å². The monoisotopic (exact) mass is 964 g/mol. The van der Waals surface area contributed by atoms with Crippen molar-refractivity contribution in [3.63, 3.8) is 0 Å². The van der Waals surface area contributed by atoms with Crippen molar-refractivity contribution < 1.29 is 33.3 Å². The number of benzene rings is 2. The Balaban J connectivity index is 0.732. The molecule has 69 heavy (non-hydrogen) atoms. The number of nitrogens with zero attached hydrogens (tertiary/aromatic N) is 8. The fourth-order valence-electron chi connectivity index (χ4n) is 11.1. The molecule has 2 aliphatic carbocycles. The Hall–Kier alpha value is -5.80. The first-order valence-electron chi connectivity index (χ1n) is 24.2. The van der Waals surface area contributed by atoms with Crippen molar-refractivity contribution in [3.05, 3.63) is 76.7 Å². The number of aromatic nitrogens is 4. The van der Waals surface area contributed by atoms with Crippen LogP contribution in [-0.4, -0.2) is 116 Å². The van der Waals surface area contributed by atoms with Crippen LogP contribution in [0.25, 0.3) is 0 Å². The molecule has 2 aromatic heterocycles. The molecule has 4 heterocycles. The van der Waals surface area contributed by atoms with Crippen LogP contribution >= 0.6 is 11.6 Å². The summed E-state index contributed by atoms with van der Waals surface area (Å²) >= 11 is 6.31. The smallest absolute Gasteiger partial charge is 0.252 e. The fourth-order valence-corrected chi connectivity index (χ4v) is 11.4. The largest absolute Gasteiger partial charge is 0.491 e. The third-order valence-corrected chi connectivity index (χ3v) is 14.5. The van der Waals surface area contributed by atoms with E-state index in [-0.39, 0.29) is 30.1 Å². The van der Waals surface area contributed by atoms with E-state index < -0.39 is 16.7 Å². The number of rotatable bonds is 20. The molecule has 3 fully saturated rings. The van der Waals surface area contributed by atoms with E-state index in [9.17, 15) is 14.9 Å². The molecule has 2 aromatic carbocycles. The lowest BCUT2D eigenvalue weighted by Crippen LogP contribution is -2.64. The lowest BCUT2D eigenvalue weighted by Gasteiger charge is -2.63. The maximum atomic E-state index is 13.3. The summed E-state index contributed by atoms with van der Waals surface area (Å²) in [5, 5.41) is 13.0. The van der Waals surface area contributed by atoms with E-state index in [1.165, 1.54) is 0 Å². The molecule has 2 saturated carbocycles. The number of carbonyl (C=O) groups excluding carboxylic acids is 2. The third kappa shape index (κ3) is 10.7. The SMILES string of the molecule is CC[C@@H]1C(=O)N(C)c2cnc(Nc3cccc(OCCOCCOCCOC4CCN(c5ncc(C(N)=O)c(C6C(C)(C)C(Oc7ccc(C#N)c(Cl)c7)C6(C)C)n5)CC4)c3)nc2N1C1CCCC1. The van der Waals surface area contributed by atoms with Crippen LogP contribution < -0.4 is 35.2 Å². The highest BCUT2D eigenvalue weighted by Gasteiger charge is 2.65. The molecule has 0 unspecified atom stereocenters. The van der Waals surface area contributed by atoms with Gasteiger partial charge >= 0.3 is 0 Å². The number of nitrogens with one attached hydrogen (secondary N) is 1. The van der Waals surface area contributed by atoms with Gasteiger partial charge < -0.3 is 49.4 Å². The number of hydrogen-bond acceptors (Lipinski definition) is 15. The average Bonchev–Trinajstić information content (AvgIpc) is 3.87. The molecule has 1 saturated heterocycles.